The quantitative estimate of drug-likeness (QED) is 0.666. The van der Waals surface area contributed by atoms with Crippen molar-refractivity contribution >= 4 is 23.1 Å². The Kier molecular flexibility index (Phi) is 5.84. The molecule has 0 unspecified atom stereocenters. The maximum atomic E-state index is 13.5. The fourth-order valence-corrected chi connectivity index (χ4v) is 3.97. The molecule has 0 saturated carbocycles. The molecule has 4 rings (SSSR count). The van der Waals surface area contributed by atoms with Gasteiger partial charge in [-0.25, -0.2) is 9.29 Å². The van der Waals surface area contributed by atoms with Crippen LogP contribution in [0.2, 0.25) is 0 Å². The third-order valence-corrected chi connectivity index (χ3v) is 5.41. The highest BCUT2D eigenvalue weighted by atomic mass is 19.1. The van der Waals surface area contributed by atoms with Crippen LogP contribution in [0.4, 0.5) is 10.1 Å². The van der Waals surface area contributed by atoms with Crippen molar-refractivity contribution in [2.45, 2.75) is 32.6 Å². The summed E-state index contributed by atoms with van der Waals surface area (Å²) in [6.45, 7) is 4.03. The lowest BCUT2D eigenvalue weighted by atomic mass is 10.0. The first-order valence-corrected chi connectivity index (χ1v) is 10.5. The number of imide groups is 1. The van der Waals surface area contributed by atoms with Crippen LogP contribution in [0.5, 0.6) is 5.75 Å². The van der Waals surface area contributed by atoms with Gasteiger partial charge in [0.05, 0.1) is 17.9 Å². The van der Waals surface area contributed by atoms with E-state index in [9.17, 15) is 14.0 Å². The van der Waals surface area contributed by atoms with Crippen molar-refractivity contribution < 1.29 is 18.7 Å². The van der Waals surface area contributed by atoms with Crippen molar-refractivity contribution in [2.75, 3.05) is 24.6 Å². The number of hydrogen-bond acceptors (Lipinski definition) is 4. The zero-order valence-corrected chi connectivity index (χ0v) is 17.1. The maximum absolute atomic E-state index is 13.5. The molecule has 1 fully saturated rings. The van der Waals surface area contributed by atoms with Gasteiger partial charge in [0.15, 0.2) is 0 Å². The minimum atomic E-state index is -0.389. The molecule has 2 amide bonds. The molecule has 2 heterocycles. The highest BCUT2D eigenvalue weighted by molar-refractivity contribution is 6.45. The van der Waals surface area contributed by atoms with Crippen LogP contribution in [0.3, 0.4) is 0 Å². The molecule has 0 atom stereocenters. The molecule has 0 aliphatic carbocycles. The number of carbonyl (C=O) groups is 2. The number of amides is 2. The highest BCUT2D eigenvalue weighted by Crippen LogP contribution is 2.36. The van der Waals surface area contributed by atoms with Gasteiger partial charge < -0.3 is 9.64 Å². The maximum Gasteiger partial charge on any atom is 0.282 e. The number of halogens is 1. The summed E-state index contributed by atoms with van der Waals surface area (Å²) in [4.78, 5) is 30.2. The Balaban J connectivity index is 1.75. The molecule has 0 radical (unpaired) electrons. The second-order valence-corrected chi connectivity index (χ2v) is 7.57. The molecule has 5 nitrogen and oxygen atoms in total. The lowest BCUT2D eigenvalue weighted by Gasteiger charge is -2.29. The molecule has 156 valence electrons. The van der Waals surface area contributed by atoms with Gasteiger partial charge in [-0.3, -0.25) is 9.59 Å². The summed E-state index contributed by atoms with van der Waals surface area (Å²) >= 11 is 0. The van der Waals surface area contributed by atoms with Gasteiger partial charge in [0.1, 0.15) is 17.3 Å². The number of carbonyl (C=O) groups excluding carboxylic acids is 2. The Morgan fingerprint density at radius 3 is 2.40 bits per heavy atom. The van der Waals surface area contributed by atoms with Crippen LogP contribution in [0.1, 0.15) is 38.2 Å². The van der Waals surface area contributed by atoms with E-state index in [4.69, 9.17) is 4.74 Å². The highest BCUT2D eigenvalue weighted by Gasteiger charge is 2.42. The van der Waals surface area contributed by atoms with Gasteiger partial charge in [-0.2, -0.15) is 0 Å². The van der Waals surface area contributed by atoms with Crippen molar-refractivity contribution in [3.63, 3.8) is 0 Å². The van der Waals surface area contributed by atoms with Crippen LogP contribution in [0, 0.1) is 5.82 Å². The SMILES string of the molecule is CCCOc1cccc(N2C(=O)C(c3ccc(F)cc3)=C(N3CCCCC3)C2=O)c1. The molecule has 2 aliphatic rings. The van der Waals surface area contributed by atoms with Crippen LogP contribution in [-0.2, 0) is 9.59 Å². The van der Waals surface area contributed by atoms with E-state index in [1.165, 1.54) is 17.0 Å². The number of nitrogens with zero attached hydrogens (tertiary/aromatic N) is 2. The summed E-state index contributed by atoms with van der Waals surface area (Å²) in [6, 6.07) is 12.8. The minimum absolute atomic E-state index is 0.335. The van der Waals surface area contributed by atoms with Gasteiger partial charge in [0, 0.05) is 19.2 Å². The normalized spacial score (nSPS) is 17.1. The third-order valence-electron chi connectivity index (χ3n) is 5.41. The largest absolute Gasteiger partial charge is 0.494 e. The number of piperidine rings is 1. The molecule has 2 aromatic rings. The number of rotatable bonds is 6. The van der Waals surface area contributed by atoms with E-state index in [2.05, 4.69) is 0 Å². The summed E-state index contributed by atoms with van der Waals surface area (Å²) in [7, 11) is 0. The van der Waals surface area contributed by atoms with Gasteiger partial charge in [-0.05, 0) is 55.5 Å². The van der Waals surface area contributed by atoms with Crippen molar-refractivity contribution in [2.24, 2.45) is 0 Å². The first kappa shape index (κ1) is 20.1. The Morgan fingerprint density at radius 2 is 1.70 bits per heavy atom. The average molecular weight is 408 g/mol. The van der Waals surface area contributed by atoms with Crippen molar-refractivity contribution in [1.29, 1.82) is 0 Å². The number of likely N-dealkylation sites (tertiary alicyclic amines) is 1. The van der Waals surface area contributed by atoms with Crippen LogP contribution in [0.25, 0.3) is 5.57 Å². The van der Waals surface area contributed by atoms with Crippen LogP contribution >= 0.6 is 0 Å². The van der Waals surface area contributed by atoms with Gasteiger partial charge in [-0.15, -0.1) is 0 Å². The molecular formula is C24H25FN2O3. The Bertz CT molecular complexity index is 978. The summed E-state index contributed by atoms with van der Waals surface area (Å²) < 4.78 is 19.2. The number of benzene rings is 2. The number of hydrogen-bond donors (Lipinski definition) is 0. The topological polar surface area (TPSA) is 49.9 Å². The number of ether oxygens (including phenoxy) is 1. The first-order valence-electron chi connectivity index (χ1n) is 10.5. The van der Waals surface area contributed by atoms with Crippen LogP contribution in [-0.4, -0.2) is 36.4 Å². The smallest absolute Gasteiger partial charge is 0.282 e. The van der Waals surface area contributed by atoms with Gasteiger partial charge in [-0.1, -0.05) is 25.1 Å². The third kappa shape index (κ3) is 3.82. The molecule has 1 saturated heterocycles. The molecule has 0 N–H and O–H groups in total. The predicted molar refractivity (Wildman–Crippen MR) is 113 cm³/mol. The summed E-state index contributed by atoms with van der Waals surface area (Å²) in [5.41, 5.74) is 1.77. The summed E-state index contributed by atoms with van der Waals surface area (Å²) in [5.74, 6) is -0.494. The van der Waals surface area contributed by atoms with Gasteiger partial charge >= 0.3 is 0 Å². The Labute approximate surface area is 175 Å². The zero-order valence-electron chi connectivity index (χ0n) is 17.1. The standard InChI is InChI=1S/C24H25FN2O3/c1-2-15-30-20-8-6-7-19(16-20)27-23(28)21(17-9-11-18(25)12-10-17)22(24(27)29)26-13-4-3-5-14-26/h6-12,16H,2-5,13-15H2,1H3. The van der Waals surface area contributed by atoms with E-state index in [-0.39, 0.29) is 17.6 Å². The zero-order chi connectivity index (χ0) is 21.1. The molecule has 2 aliphatic heterocycles. The average Bonchev–Trinajstić information content (AvgIpc) is 3.03. The molecular weight excluding hydrogens is 383 g/mol. The second kappa shape index (κ2) is 8.69. The van der Waals surface area contributed by atoms with E-state index < -0.39 is 0 Å². The monoisotopic (exact) mass is 408 g/mol. The van der Waals surface area contributed by atoms with E-state index in [1.54, 1.807) is 30.3 Å². The molecule has 0 spiro atoms. The van der Waals surface area contributed by atoms with Crippen molar-refractivity contribution in [3.05, 3.63) is 65.6 Å². The van der Waals surface area contributed by atoms with Crippen LogP contribution < -0.4 is 9.64 Å². The van der Waals surface area contributed by atoms with Gasteiger partial charge in [0.25, 0.3) is 11.8 Å². The van der Waals surface area contributed by atoms with E-state index >= 15 is 0 Å². The summed E-state index contributed by atoms with van der Waals surface area (Å²) in [6.07, 6.45) is 3.92. The predicted octanol–water partition coefficient (Wildman–Crippen LogP) is 4.38. The Morgan fingerprint density at radius 1 is 0.967 bits per heavy atom. The molecule has 6 heteroatoms. The lowest BCUT2D eigenvalue weighted by Crippen LogP contribution is -2.37. The fraction of sp³-hybridized carbons (Fsp3) is 0.333. The lowest BCUT2D eigenvalue weighted by molar-refractivity contribution is -0.120. The molecule has 30 heavy (non-hydrogen) atoms. The Hall–Kier alpha value is -3.15. The molecule has 2 aromatic carbocycles. The van der Waals surface area contributed by atoms with Gasteiger partial charge in [0.2, 0.25) is 0 Å². The van der Waals surface area contributed by atoms with Crippen LogP contribution in [0.15, 0.2) is 54.2 Å². The van der Waals surface area contributed by atoms with Crippen molar-refractivity contribution in [1.82, 2.24) is 4.90 Å². The summed E-state index contributed by atoms with van der Waals surface area (Å²) in [5, 5.41) is 0. The van der Waals surface area contributed by atoms with E-state index in [1.807, 2.05) is 17.9 Å². The first-order chi connectivity index (χ1) is 14.6. The van der Waals surface area contributed by atoms with E-state index in [0.29, 0.717) is 34.9 Å². The molecule has 0 bridgehead atoms. The fourth-order valence-electron chi connectivity index (χ4n) is 3.97. The van der Waals surface area contributed by atoms with E-state index in [0.717, 1.165) is 38.8 Å². The van der Waals surface area contributed by atoms with Crippen molar-refractivity contribution in [3.8, 4) is 5.75 Å². The second-order valence-electron chi connectivity index (χ2n) is 7.57. The molecule has 0 aromatic heterocycles. The minimum Gasteiger partial charge on any atom is -0.494 e. The number of anilines is 1.